The Labute approximate surface area is 87.0 Å². The molecule has 4 nitrogen and oxygen atoms in total. The topological polar surface area (TPSA) is 58.0 Å². The molecule has 0 bridgehead atoms. The minimum atomic E-state index is 0.603. The van der Waals surface area contributed by atoms with Gasteiger partial charge in [0.15, 0.2) is 11.5 Å². The minimum absolute atomic E-state index is 0.603. The molecule has 0 radical (unpaired) electrons. The number of H-pyrrole nitrogens is 1. The number of aromatic amines is 1. The van der Waals surface area contributed by atoms with Crippen LogP contribution in [0.1, 0.15) is 5.56 Å². The normalized spacial score (nSPS) is 9.93. The molecule has 0 fully saturated rings. The number of aromatic nitrogens is 1. The van der Waals surface area contributed by atoms with Gasteiger partial charge in [-0.25, -0.2) is 0 Å². The van der Waals surface area contributed by atoms with Gasteiger partial charge >= 0.3 is 0 Å². The maximum Gasteiger partial charge on any atom is 0.162 e. The summed E-state index contributed by atoms with van der Waals surface area (Å²) >= 11 is 0. The van der Waals surface area contributed by atoms with Crippen LogP contribution in [0.5, 0.6) is 11.5 Å². The molecule has 2 rings (SSSR count). The van der Waals surface area contributed by atoms with Gasteiger partial charge in [0.1, 0.15) is 6.07 Å². The van der Waals surface area contributed by atoms with Gasteiger partial charge in [-0.15, -0.1) is 0 Å². The molecule has 0 spiro atoms. The quantitative estimate of drug-likeness (QED) is 0.810. The van der Waals surface area contributed by atoms with Crippen LogP contribution >= 0.6 is 0 Å². The molecule has 15 heavy (non-hydrogen) atoms. The van der Waals surface area contributed by atoms with E-state index in [0.717, 1.165) is 10.9 Å². The highest BCUT2D eigenvalue weighted by molar-refractivity contribution is 5.88. The number of rotatable bonds is 2. The lowest BCUT2D eigenvalue weighted by atomic mass is 10.1. The monoisotopic (exact) mass is 202 g/mol. The summed E-state index contributed by atoms with van der Waals surface area (Å²) in [5, 5.41) is 9.72. The summed E-state index contributed by atoms with van der Waals surface area (Å²) in [5.41, 5.74) is 1.47. The Balaban J connectivity index is 2.73. The molecule has 1 aromatic heterocycles. The third kappa shape index (κ3) is 1.38. The van der Waals surface area contributed by atoms with Gasteiger partial charge in [-0.1, -0.05) is 0 Å². The first-order valence-corrected chi connectivity index (χ1v) is 4.43. The molecule has 0 aliphatic heterocycles. The Bertz CT molecular complexity index is 537. The van der Waals surface area contributed by atoms with E-state index in [0.29, 0.717) is 17.1 Å². The van der Waals surface area contributed by atoms with Crippen LogP contribution in [-0.4, -0.2) is 19.2 Å². The summed E-state index contributed by atoms with van der Waals surface area (Å²) in [5.74, 6) is 1.28. The number of methoxy groups -OCH3 is 2. The largest absolute Gasteiger partial charge is 0.493 e. The molecule has 0 saturated carbocycles. The highest BCUT2D eigenvalue weighted by atomic mass is 16.5. The molecule has 0 unspecified atom stereocenters. The Morgan fingerprint density at radius 3 is 2.47 bits per heavy atom. The number of hydrogen-bond acceptors (Lipinski definition) is 3. The van der Waals surface area contributed by atoms with E-state index in [1.54, 1.807) is 26.5 Å². The molecule has 1 N–H and O–H groups in total. The van der Waals surface area contributed by atoms with Gasteiger partial charge in [-0.05, 0) is 6.07 Å². The Morgan fingerprint density at radius 1 is 1.20 bits per heavy atom. The fourth-order valence-corrected chi connectivity index (χ4v) is 1.54. The van der Waals surface area contributed by atoms with Crippen molar-refractivity contribution in [3.05, 3.63) is 23.9 Å². The third-order valence-corrected chi connectivity index (χ3v) is 2.31. The molecular formula is C11H10N2O2. The second-order valence-electron chi connectivity index (χ2n) is 3.07. The second-order valence-corrected chi connectivity index (χ2v) is 3.07. The predicted octanol–water partition coefficient (Wildman–Crippen LogP) is 2.06. The number of hydrogen-bond donors (Lipinski definition) is 1. The van der Waals surface area contributed by atoms with Crippen molar-refractivity contribution in [3.63, 3.8) is 0 Å². The molecule has 1 heterocycles. The Kier molecular flexibility index (Phi) is 2.22. The summed E-state index contributed by atoms with van der Waals surface area (Å²) in [6, 6.07) is 5.72. The molecule has 0 amide bonds. The van der Waals surface area contributed by atoms with E-state index in [2.05, 4.69) is 11.1 Å². The Morgan fingerprint density at radius 2 is 1.87 bits per heavy atom. The molecule has 0 aliphatic rings. The van der Waals surface area contributed by atoms with Crippen LogP contribution in [0.4, 0.5) is 0 Å². The first-order valence-electron chi connectivity index (χ1n) is 4.43. The lowest BCUT2D eigenvalue weighted by molar-refractivity contribution is 0.356. The average molecular weight is 202 g/mol. The summed E-state index contributed by atoms with van der Waals surface area (Å²) in [4.78, 5) is 3.01. The molecule has 2 aromatic rings. The van der Waals surface area contributed by atoms with Gasteiger partial charge < -0.3 is 14.5 Å². The third-order valence-electron chi connectivity index (χ3n) is 2.31. The highest BCUT2D eigenvalue weighted by Crippen LogP contribution is 2.32. The maximum atomic E-state index is 8.87. The van der Waals surface area contributed by atoms with Gasteiger partial charge in [0.05, 0.1) is 25.3 Å². The van der Waals surface area contributed by atoms with E-state index < -0.39 is 0 Å². The zero-order valence-electron chi connectivity index (χ0n) is 8.50. The van der Waals surface area contributed by atoms with Crippen LogP contribution in [-0.2, 0) is 0 Å². The molecule has 0 aliphatic carbocycles. The number of ether oxygens (including phenoxy) is 2. The van der Waals surface area contributed by atoms with Gasteiger partial charge in [0.25, 0.3) is 0 Å². The molecule has 0 atom stereocenters. The summed E-state index contributed by atoms with van der Waals surface area (Å²) in [7, 11) is 3.15. The van der Waals surface area contributed by atoms with Crippen molar-refractivity contribution in [2.75, 3.05) is 14.2 Å². The van der Waals surface area contributed by atoms with Crippen molar-refractivity contribution in [1.29, 1.82) is 5.26 Å². The molecule has 4 heteroatoms. The minimum Gasteiger partial charge on any atom is -0.493 e. The van der Waals surface area contributed by atoms with Crippen molar-refractivity contribution in [2.24, 2.45) is 0 Å². The van der Waals surface area contributed by atoms with Crippen LogP contribution in [0.3, 0.4) is 0 Å². The molecule has 1 aromatic carbocycles. The first-order chi connectivity index (χ1) is 7.30. The highest BCUT2D eigenvalue weighted by Gasteiger charge is 2.09. The molecule has 76 valence electrons. The van der Waals surface area contributed by atoms with Gasteiger partial charge in [-0.2, -0.15) is 5.26 Å². The number of fused-ring (bicyclic) bond motifs is 1. The smallest absolute Gasteiger partial charge is 0.162 e. The number of nitriles is 1. The van der Waals surface area contributed by atoms with Crippen LogP contribution in [0, 0.1) is 11.3 Å². The number of nitrogens with zero attached hydrogens (tertiary/aromatic N) is 1. The van der Waals surface area contributed by atoms with Crippen molar-refractivity contribution >= 4 is 10.9 Å². The van der Waals surface area contributed by atoms with Gasteiger partial charge in [-0.3, -0.25) is 0 Å². The molecular weight excluding hydrogens is 192 g/mol. The van der Waals surface area contributed by atoms with E-state index in [1.807, 2.05) is 6.07 Å². The van der Waals surface area contributed by atoms with E-state index in [1.165, 1.54) is 0 Å². The standard InChI is InChI=1S/C11H10N2O2/c1-14-10-3-8-7(5-12)6-13-9(8)4-11(10)15-2/h3-4,6,13H,1-2H3. The van der Waals surface area contributed by atoms with Crippen molar-refractivity contribution in [3.8, 4) is 17.6 Å². The Hall–Kier alpha value is -2.15. The number of benzene rings is 1. The number of nitrogens with one attached hydrogen (secondary N) is 1. The fraction of sp³-hybridized carbons (Fsp3) is 0.182. The second kappa shape index (κ2) is 3.54. The van der Waals surface area contributed by atoms with Crippen LogP contribution < -0.4 is 9.47 Å². The summed E-state index contributed by atoms with van der Waals surface area (Å²) in [6.45, 7) is 0. The van der Waals surface area contributed by atoms with Crippen molar-refractivity contribution < 1.29 is 9.47 Å². The average Bonchev–Trinajstić information content (AvgIpc) is 2.68. The van der Waals surface area contributed by atoms with Crippen LogP contribution in [0.25, 0.3) is 10.9 Å². The summed E-state index contributed by atoms with van der Waals surface area (Å²) in [6.07, 6.45) is 1.67. The first kappa shape index (κ1) is 9.41. The van der Waals surface area contributed by atoms with Crippen LogP contribution in [0.2, 0.25) is 0 Å². The van der Waals surface area contributed by atoms with E-state index >= 15 is 0 Å². The van der Waals surface area contributed by atoms with E-state index in [4.69, 9.17) is 14.7 Å². The van der Waals surface area contributed by atoms with Crippen molar-refractivity contribution in [2.45, 2.75) is 0 Å². The predicted molar refractivity (Wildman–Crippen MR) is 56.1 cm³/mol. The molecule has 0 saturated heterocycles. The van der Waals surface area contributed by atoms with Crippen molar-refractivity contribution in [1.82, 2.24) is 4.98 Å². The van der Waals surface area contributed by atoms with E-state index in [9.17, 15) is 0 Å². The zero-order valence-corrected chi connectivity index (χ0v) is 8.50. The van der Waals surface area contributed by atoms with E-state index in [-0.39, 0.29) is 0 Å². The SMILES string of the molecule is COc1cc2[nH]cc(C#N)c2cc1OC. The zero-order chi connectivity index (χ0) is 10.8. The fourth-order valence-electron chi connectivity index (χ4n) is 1.54. The lowest BCUT2D eigenvalue weighted by Crippen LogP contribution is -1.90. The maximum absolute atomic E-state index is 8.87. The van der Waals surface area contributed by atoms with Gasteiger partial charge in [0.2, 0.25) is 0 Å². The lowest BCUT2D eigenvalue weighted by Gasteiger charge is -2.06. The summed E-state index contributed by atoms with van der Waals surface area (Å²) < 4.78 is 10.3. The van der Waals surface area contributed by atoms with Crippen LogP contribution in [0.15, 0.2) is 18.3 Å². The van der Waals surface area contributed by atoms with Gasteiger partial charge in [0, 0.05) is 17.6 Å².